The first kappa shape index (κ1) is 19.3. The molecule has 0 heterocycles. The second-order valence-electron chi connectivity index (χ2n) is 8.45. The first-order chi connectivity index (χ1) is 13.5. The van der Waals surface area contributed by atoms with Crippen LogP contribution in [-0.4, -0.2) is 40.1 Å². The summed E-state index contributed by atoms with van der Waals surface area (Å²) in [5.41, 5.74) is 2.19. The number of carbonyl (C=O) groups is 1. The van der Waals surface area contributed by atoms with E-state index in [1.165, 1.54) is 6.42 Å². The van der Waals surface area contributed by atoms with Crippen LogP contribution >= 0.6 is 0 Å². The zero-order valence-corrected chi connectivity index (χ0v) is 16.0. The van der Waals surface area contributed by atoms with Crippen LogP contribution in [0.4, 0.5) is 0 Å². The van der Waals surface area contributed by atoms with Crippen molar-refractivity contribution in [3.63, 3.8) is 0 Å². The Labute approximate surface area is 165 Å². The van der Waals surface area contributed by atoms with E-state index in [0.29, 0.717) is 12.2 Å². The molecule has 0 unspecified atom stereocenters. The van der Waals surface area contributed by atoms with E-state index in [1.807, 2.05) is 12.1 Å². The van der Waals surface area contributed by atoms with Gasteiger partial charge in [-0.05, 0) is 55.1 Å². The highest BCUT2D eigenvalue weighted by Gasteiger charge is 2.48. The van der Waals surface area contributed by atoms with Gasteiger partial charge in [0.25, 0.3) is 0 Å². The summed E-state index contributed by atoms with van der Waals surface area (Å²) in [7, 11) is 0. The molecule has 4 rings (SSSR count). The maximum absolute atomic E-state index is 10.9. The molecular formula is C23H28O5. The van der Waals surface area contributed by atoms with Crippen molar-refractivity contribution < 1.29 is 24.9 Å². The fourth-order valence-electron chi connectivity index (χ4n) is 5.38. The molecule has 28 heavy (non-hydrogen) atoms. The Morgan fingerprint density at radius 2 is 2.04 bits per heavy atom. The number of aliphatic carboxylic acids is 1. The van der Waals surface area contributed by atoms with E-state index in [0.717, 1.165) is 43.2 Å². The molecule has 0 aromatic heterocycles. The van der Waals surface area contributed by atoms with Gasteiger partial charge in [-0.2, -0.15) is 0 Å². The molecule has 0 amide bonds. The van der Waals surface area contributed by atoms with Crippen LogP contribution in [0.5, 0.6) is 5.75 Å². The molecule has 0 bridgehead atoms. The van der Waals surface area contributed by atoms with E-state index < -0.39 is 18.2 Å². The van der Waals surface area contributed by atoms with Crippen LogP contribution in [-0.2, 0) is 11.2 Å². The maximum atomic E-state index is 10.9. The number of ether oxygens (including phenoxy) is 1. The lowest BCUT2D eigenvalue weighted by Crippen LogP contribution is -2.23. The minimum atomic E-state index is -1.00. The number of aliphatic hydroxyl groups is 2. The van der Waals surface area contributed by atoms with Gasteiger partial charge in [-0.25, -0.2) is 4.79 Å². The van der Waals surface area contributed by atoms with E-state index >= 15 is 0 Å². The molecule has 2 fully saturated rings. The average Bonchev–Trinajstić information content (AvgIpc) is 3.20. The zero-order chi connectivity index (χ0) is 19.7. The lowest BCUT2D eigenvalue weighted by molar-refractivity contribution is -0.139. The molecule has 2 saturated carbocycles. The molecule has 5 heteroatoms. The van der Waals surface area contributed by atoms with Crippen molar-refractivity contribution in [2.75, 3.05) is 6.61 Å². The normalized spacial score (nSPS) is 30.1. The van der Waals surface area contributed by atoms with Crippen molar-refractivity contribution in [3.05, 3.63) is 29.3 Å². The van der Waals surface area contributed by atoms with Crippen LogP contribution in [0.25, 0.3) is 0 Å². The highest BCUT2D eigenvalue weighted by Crippen LogP contribution is 2.53. The number of aliphatic hydroxyl groups excluding tert-OH is 2. The van der Waals surface area contributed by atoms with Crippen LogP contribution in [0, 0.1) is 29.6 Å². The number of carboxylic acids is 1. The predicted octanol–water partition coefficient (Wildman–Crippen LogP) is 2.73. The molecular weight excluding hydrogens is 356 g/mol. The summed E-state index contributed by atoms with van der Waals surface area (Å²) in [4.78, 5) is 10.9. The molecule has 150 valence electrons. The monoisotopic (exact) mass is 384 g/mol. The second-order valence-corrected chi connectivity index (χ2v) is 8.45. The Morgan fingerprint density at radius 3 is 2.79 bits per heavy atom. The lowest BCUT2D eigenvalue weighted by Gasteiger charge is -2.23. The molecule has 1 aromatic carbocycles. The van der Waals surface area contributed by atoms with Crippen LogP contribution < -0.4 is 4.74 Å². The zero-order valence-electron chi connectivity index (χ0n) is 16.0. The topological polar surface area (TPSA) is 87.0 Å². The van der Waals surface area contributed by atoms with Gasteiger partial charge in [0.15, 0.2) is 6.61 Å². The third-order valence-corrected chi connectivity index (χ3v) is 6.72. The maximum Gasteiger partial charge on any atom is 0.341 e. The first-order valence-corrected chi connectivity index (χ1v) is 10.4. The molecule has 0 radical (unpaired) electrons. The quantitative estimate of drug-likeness (QED) is 0.695. The number of fused-ring (bicyclic) bond motifs is 3. The highest BCUT2D eigenvalue weighted by molar-refractivity contribution is 5.68. The Kier molecular flexibility index (Phi) is 5.61. The first-order valence-electron chi connectivity index (χ1n) is 10.4. The number of hydrogen-bond acceptors (Lipinski definition) is 4. The van der Waals surface area contributed by atoms with Crippen molar-refractivity contribution in [2.24, 2.45) is 17.8 Å². The summed E-state index contributed by atoms with van der Waals surface area (Å²) < 4.78 is 5.51. The Hall–Kier alpha value is -2.03. The standard InChI is InChI=1S/C23H28O5/c24-19(14-5-2-1-3-6-14)10-9-16-17-11-15-7-4-8-21(28-13-22(26)27)23(15)18(17)12-20(16)25/h4,7-8,14,16-20,24-25H,1-3,5-6,11-13H2,(H,26,27)/t16-,17-,18+,19-,20-/m1/s1. The van der Waals surface area contributed by atoms with Gasteiger partial charge in [0.1, 0.15) is 11.9 Å². The number of hydrogen-bond donors (Lipinski definition) is 3. The number of carboxylic acid groups (broad SMARTS) is 1. The van der Waals surface area contributed by atoms with Crippen LogP contribution in [0.15, 0.2) is 18.2 Å². The third kappa shape index (κ3) is 3.76. The Bertz CT molecular complexity index is 786. The SMILES string of the molecule is O=C(O)COc1cccc2c1[C@H]1C[C@@H](O)[C@H](C#C[C@@H](O)C3CCCCC3)[C@H]1C2. The molecule has 3 aliphatic rings. The van der Waals surface area contributed by atoms with Crippen molar-refractivity contribution in [1.29, 1.82) is 0 Å². The van der Waals surface area contributed by atoms with E-state index in [1.54, 1.807) is 0 Å². The van der Waals surface area contributed by atoms with E-state index in [2.05, 4.69) is 17.9 Å². The Balaban J connectivity index is 1.51. The van der Waals surface area contributed by atoms with Gasteiger partial charge in [0, 0.05) is 5.56 Å². The number of benzene rings is 1. The largest absolute Gasteiger partial charge is 0.482 e. The fourth-order valence-corrected chi connectivity index (χ4v) is 5.38. The third-order valence-electron chi connectivity index (χ3n) is 6.72. The van der Waals surface area contributed by atoms with Crippen molar-refractivity contribution in [1.82, 2.24) is 0 Å². The molecule has 5 atom stereocenters. The van der Waals surface area contributed by atoms with Crippen molar-refractivity contribution >= 4 is 5.97 Å². The van der Waals surface area contributed by atoms with E-state index in [-0.39, 0.29) is 30.3 Å². The van der Waals surface area contributed by atoms with Gasteiger partial charge in [-0.15, -0.1) is 0 Å². The van der Waals surface area contributed by atoms with Gasteiger partial charge in [0.05, 0.1) is 12.0 Å². The van der Waals surface area contributed by atoms with Gasteiger partial charge in [-0.1, -0.05) is 43.2 Å². The van der Waals surface area contributed by atoms with Crippen molar-refractivity contribution in [2.45, 2.75) is 63.1 Å². The van der Waals surface area contributed by atoms with Crippen LogP contribution in [0.3, 0.4) is 0 Å². The predicted molar refractivity (Wildman–Crippen MR) is 104 cm³/mol. The summed E-state index contributed by atoms with van der Waals surface area (Å²) in [5, 5.41) is 30.0. The van der Waals surface area contributed by atoms with Crippen LogP contribution in [0.2, 0.25) is 0 Å². The Morgan fingerprint density at radius 1 is 1.25 bits per heavy atom. The molecule has 0 saturated heterocycles. The van der Waals surface area contributed by atoms with Gasteiger partial charge >= 0.3 is 5.97 Å². The minimum absolute atomic E-state index is 0.126. The highest BCUT2D eigenvalue weighted by atomic mass is 16.5. The summed E-state index contributed by atoms with van der Waals surface area (Å²) in [6.45, 7) is -0.368. The summed E-state index contributed by atoms with van der Waals surface area (Å²) in [6, 6.07) is 5.75. The fraction of sp³-hybridized carbons (Fsp3) is 0.609. The molecule has 0 spiro atoms. The van der Waals surface area contributed by atoms with Gasteiger partial charge in [0.2, 0.25) is 0 Å². The van der Waals surface area contributed by atoms with E-state index in [4.69, 9.17) is 9.84 Å². The number of rotatable bonds is 4. The van der Waals surface area contributed by atoms with Gasteiger partial charge < -0.3 is 20.1 Å². The molecule has 5 nitrogen and oxygen atoms in total. The summed E-state index contributed by atoms with van der Waals surface area (Å²) >= 11 is 0. The smallest absolute Gasteiger partial charge is 0.341 e. The molecule has 3 N–H and O–H groups in total. The summed E-state index contributed by atoms with van der Waals surface area (Å²) in [6.07, 6.45) is 5.90. The second kappa shape index (κ2) is 8.14. The average molecular weight is 384 g/mol. The van der Waals surface area contributed by atoms with Gasteiger partial charge in [-0.3, -0.25) is 0 Å². The molecule has 1 aromatic rings. The van der Waals surface area contributed by atoms with Crippen LogP contribution in [0.1, 0.15) is 55.6 Å². The molecule has 0 aliphatic heterocycles. The van der Waals surface area contributed by atoms with Crippen molar-refractivity contribution in [3.8, 4) is 17.6 Å². The minimum Gasteiger partial charge on any atom is -0.482 e. The summed E-state index contributed by atoms with van der Waals surface area (Å²) in [5.74, 6) is 6.29. The molecule has 3 aliphatic carbocycles. The van der Waals surface area contributed by atoms with E-state index in [9.17, 15) is 15.0 Å². The lowest BCUT2D eigenvalue weighted by atomic mass is 9.84.